The third kappa shape index (κ3) is 4.92. The molecule has 0 aliphatic carbocycles. The Morgan fingerprint density at radius 1 is 0.929 bits per heavy atom. The number of hydrogen-bond acceptors (Lipinski definition) is 5. The van der Waals surface area contributed by atoms with Crippen molar-refractivity contribution in [1.29, 1.82) is 0 Å². The third-order valence-corrected chi connectivity index (χ3v) is 4.60. The highest BCUT2D eigenvalue weighted by molar-refractivity contribution is 5.81. The summed E-state index contributed by atoms with van der Waals surface area (Å²) in [5.74, 6) is -0.379. The van der Waals surface area contributed by atoms with Gasteiger partial charge in [0.25, 0.3) is 0 Å². The molecular formula is C22H25N5O. The van der Waals surface area contributed by atoms with Crippen LogP contribution in [0.15, 0.2) is 73.3 Å². The summed E-state index contributed by atoms with van der Waals surface area (Å²) >= 11 is 0. The molecule has 1 aromatic carbocycles. The van der Waals surface area contributed by atoms with E-state index in [1.54, 1.807) is 18.6 Å². The Kier molecular flexibility index (Phi) is 6.34. The number of carbonyl (C=O) groups excluding carboxylic acids is 1. The number of aromatic nitrogens is 2. The van der Waals surface area contributed by atoms with Gasteiger partial charge in [0.1, 0.15) is 6.04 Å². The lowest BCUT2D eigenvalue weighted by atomic mass is 10.0. The van der Waals surface area contributed by atoms with Crippen molar-refractivity contribution in [3.05, 3.63) is 90.0 Å². The van der Waals surface area contributed by atoms with Crippen LogP contribution in [-0.4, -0.2) is 34.9 Å². The van der Waals surface area contributed by atoms with Crippen molar-refractivity contribution < 1.29 is 4.79 Å². The number of hydrogen-bond donors (Lipinski definition) is 1. The van der Waals surface area contributed by atoms with E-state index in [2.05, 4.69) is 14.9 Å². The van der Waals surface area contributed by atoms with Gasteiger partial charge >= 0.3 is 0 Å². The third-order valence-electron chi connectivity index (χ3n) is 4.60. The zero-order chi connectivity index (χ0) is 19.9. The first kappa shape index (κ1) is 19.5. The maximum Gasteiger partial charge on any atom is 0.239 e. The predicted octanol–water partition coefficient (Wildman–Crippen LogP) is 2.77. The molecule has 0 saturated carbocycles. The standard InChI is InChI=1S/C22H25N5O/c1-26(2)20-7-5-19(6-8-20)21(22(23)28)27(15-17-9-12-24-13-10-17)16-18-4-3-11-25-14-18/h3-14,21H,15-16H2,1-2H3,(H2,23,28). The lowest BCUT2D eigenvalue weighted by Gasteiger charge is -2.30. The van der Waals surface area contributed by atoms with Crippen molar-refractivity contribution in [2.75, 3.05) is 19.0 Å². The second-order valence-electron chi connectivity index (χ2n) is 6.91. The minimum Gasteiger partial charge on any atom is -0.378 e. The Balaban J connectivity index is 1.95. The lowest BCUT2D eigenvalue weighted by Crippen LogP contribution is -2.37. The molecule has 0 spiro atoms. The van der Waals surface area contributed by atoms with Gasteiger partial charge in [0.15, 0.2) is 0 Å². The van der Waals surface area contributed by atoms with E-state index in [1.165, 1.54) is 0 Å². The average molecular weight is 375 g/mol. The molecular weight excluding hydrogens is 350 g/mol. The highest BCUT2D eigenvalue weighted by atomic mass is 16.1. The molecule has 1 amide bonds. The summed E-state index contributed by atoms with van der Waals surface area (Å²) < 4.78 is 0. The molecule has 0 fully saturated rings. The van der Waals surface area contributed by atoms with E-state index in [4.69, 9.17) is 5.73 Å². The van der Waals surface area contributed by atoms with E-state index in [0.717, 1.165) is 22.4 Å². The van der Waals surface area contributed by atoms with E-state index in [-0.39, 0.29) is 5.91 Å². The quantitative estimate of drug-likeness (QED) is 0.655. The van der Waals surface area contributed by atoms with Gasteiger partial charge in [0.05, 0.1) is 0 Å². The SMILES string of the molecule is CN(C)c1ccc(C(C(N)=O)N(Cc2ccncc2)Cc2cccnc2)cc1. The normalized spacial score (nSPS) is 12.0. The summed E-state index contributed by atoms with van der Waals surface area (Å²) in [5, 5.41) is 0. The molecule has 28 heavy (non-hydrogen) atoms. The Bertz CT molecular complexity index is 840. The number of primary amides is 1. The van der Waals surface area contributed by atoms with Crippen LogP contribution in [0.3, 0.4) is 0 Å². The topological polar surface area (TPSA) is 75.3 Å². The van der Waals surface area contributed by atoms with Gasteiger partial charge in [-0.1, -0.05) is 18.2 Å². The van der Waals surface area contributed by atoms with Crippen molar-refractivity contribution in [3.8, 4) is 0 Å². The average Bonchev–Trinajstić information content (AvgIpc) is 2.70. The van der Waals surface area contributed by atoms with Crippen LogP contribution in [0.2, 0.25) is 0 Å². The summed E-state index contributed by atoms with van der Waals surface area (Å²) in [7, 11) is 3.97. The summed E-state index contributed by atoms with van der Waals surface area (Å²) in [6.45, 7) is 1.12. The molecule has 0 radical (unpaired) electrons. The maximum atomic E-state index is 12.5. The van der Waals surface area contributed by atoms with Crippen LogP contribution in [-0.2, 0) is 17.9 Å². The van der Waals surface area contributed by atoms with Crippen LogP contribution >= 0.6 is 0 Å². The van der Waals surface area contributed by atoms with Gasteiger partial charge in [0, 0.05) is 57.7 Å². The van der Waals surface area contributed by atoms with Gasteiger partial charge < -0.3 is 10.6 Å². The summed E-state index contributed by atoms with van der Waals surface area (Å²) in [5.41, 5.74) is 9.88. The molecule has 2 N–H and O–H groups in total. The molecule has 1 unspecified atom stereocenters. The van der Waals surface area contributed by atoms with E-state index in [9.17, 15) is 4.79 Å². The molecule has 6 nitrogen and oxygen atoms in total. The minimum absolute atomic E-state index is 0.379. The molecule has 1 atom stereocenters. The second kappa shape index (κ2) is 9.10. The summed E-state index contributed by atoms with van der Waals surface area (Å²) in [4.78, 5) is 24.8. The molecule has 0 saturated heterocycles. The van der Waals surface area contributed by atoms with Gasteiger partial charge in [-0.25, -0.2) is 0 Å². The molecule has 0 aliphatic rings. The van der Waals surface area contributed by atoms with E-state index >= 15 is 0 Å². The number of pyridine rings is 2. The molecule has 0 bridgehead atoms. The number of nitrogens with two attached hydrogens (primary N) is 1. The second-order valence-corrected chi connectivity index (χ2v) is 6.91. The molecule has 2 heterocycles. The highest BCUT2D eigenvalue weighted by Gasteiger charge is 2.26. The fourth-order valence-corrected chi connectivity index (χ4v) is 3.20. The van der Waals surface area contributed by atoms with E-state index in [0.29, 0.717) is 13.1 Å². The molecule has 0 aliphatic heterocycles. The Morgan fingerprint density at radius 3 is 2.18 bits per heavy atom. The maximum absolute atomic E-state index is 12.5. The number of carbonyl (C=O) groups is 1. The zero-order valence-electron chi connectivity index (χ0n) is 16.2. The van der Waals surface area contributed by atoms with E-state index < -0.39 is 6.04 Å². The van der Waals surface area contributed by atoms with Crippen molar-refractivity contribution >= 4 is 11.6 Å². The Hall–Kier alpha value is -3.25. The highest BCUT2D eigenvalue weighted by Crippen LogP contribution is 2.26. The smallest absolute Gasteiger partial charge is 0.239 e. The lowest BCUT2D eigenvalue weighted by molar-refractivity contribution is -0.124. The van der Waals surface area contributed by atoms with Crippen LogP contribution in [0.25, 0.3) is 0 Å². The fraction of sp³-hybridized carbons (Fsp3) is 0.227. The predicted molar refractivity (Wildman–Crippen MR) is 110 cm³/mol. The summed E-state index contributed by atoms with van der Waals surface area (Å²) in [6, 6.07) is 15.2. The van der Waals surface area contributed by atoms with Crippen LogP contribution in [0.1, 0.15) is 22.7 Å². The first-order valence-electron chi connectivity index (χ1n) is 9.13. The Labute approximate surface area is 165 Å². The van der Waals surface area contributed by atoms with Gasteiger partial charge in [0.2, 0.25) is 5.91 Å². The van der Waals surface area contributed by atoms with E-state index in [1.807, 2.05) is 73.7 Å². The van der Waals surface area contributed by atoms with Gasteiger partial charge in [-0.05, 0) is 47.0 Å². The number of nitrogens with zero attached hydrogens (tertiary/aromatic N) is 4. The molecule has 3 aromatic rings. The zero-order valence-corrected chi connectivity index (χ0v) is 16.2. The van der Waals surface area contributed by atoms with Crippen molar-refractivity contribution in [1.82, 2.24) is 14.9 Å². The Morgan fingerprint density at radius 2 is 1.61 bits per heavy atom. The minimum atomic E-state index is -0.551. The number of anilines is 1. The van der Waals surface area contributed by atoms with Crippen molar-refractivity contribution in [2.45, 2.75) is 19.1 Å². The number of benzene rings is 1. The molecule has 6 heteroatoms. The van der Waals surface area contributed by atoms with Crippen LogP contribution in [0.4, 0.5) is 5.69 Å². The monoisotopic (exact) mass is 375 g/mol. The number of amides is 1. The fourth-order valence-electron chi connectivity index (χ4n) is 3.20. The summed E-state index contributed by atoms with van der Waals surface area (Å²) in [6.07, 6.45) is 7.06. The first-order chi connectivity index (χ1) is 13.5. The van der Waals surface area contributed by atoms with Gasteiger partial charge in [-0.3, -0.25) is 19.7 Å². The molecule has 144 valence electrons. The largest absolute Gasteiger partial charge is 0.378 e. The molecule has 2 aromatic heterocycles. The van der Waals surface area contributed by atoms with Crippen LogP contribution in [0, 0.1) is 0 Å². The first-order valence-corrected chi connectivity index (χ1v) is 9.13. The van der Waals surface area contributed by atoms with Gasteiger partial charge in [-0.15, -0.1) is 0 Å². The van der Waals surface area contributed by atoms with Crippen molar-refractivity contribution in [3.63, 3.8) is 0 Å². The number of rotatable bonds is 8. The van der Waals surface area contributed by atoms with Crippen LogP contribution < -0.4 is 10.6 Å². The van der Waals surface area contributed by atoms with Crippen molar-refractivity contribution in [2.24, 2.45) is 5.73 Å². The van der Waals surface area contributed by atoms with Gasteiger partial charge in [-0.2, -0.15) is 0 Å². The molecule has 3 rings (SSSR count). The van der Waals surface area contributed by atoms with Crippen LogP contribution in [0.5, 0.6) is 0 Å².